The summed E-state index contributed by atoms with van der Waals surface area (Å²) < 4.78 is 5.19. The summed E-state index contributed by atoms with van der Waals surface area (Å²) in [5.41, 5.74) is 7.51. The molecule has 96 valence electrons. The molecule has 7 heteroatoms. The van der Waals surface area contributed by atoms with Crippen LogP contribution in [0.25, 0.3) is 23.0 Å². The van der Waals surface area contributed by atoms with Gasteiger partial charge in [0.15, 0.2) is 0 Å². The summed E-state index contributed by atoms with van der Waals surface area (Å²) in [6.45, 7) is 0. The largest absolute Gasteiger partial charge is 0.397 e. The zero-order valence-electron chi connectivity index (χ0n) is 9.52. The fourth-order valence-corrected chi connectivity index (χ4v) is 2.17. The third-order valence-corrected chi connectivity index (χ3v) is 3.12. The highest BCUT2D eigenvalue weighted by Crippen LogP contribution is 2.34. The van der Waals surface area contributed by atoms with Crippen molar-refractivity contribution in [2.24, 2.45) is 0 Å². The summed E-state index contributed by atoms with van der Waals surface area (Å²) in [6.07, 6.45) is 1.77. The molecule has 0 atom stereocenters. The fraction of sp³-hybridized carbons (Fsp3) is 0. The Morgan fingerprint density at radius 1 is 1.26 bits per heavy atom. The van der Waals surface area contributed by atoms with Crippen LogP contribution in [0, 0.1) is 0 Å². The summed E-state index contributed by atoms with van der Waals surface area (Å²) in [7, 11) is 0. The number of nitrogens with zero attached hydrogens (tertiary/aromatic N) is 2. The Balaban J connectivity index is 2.09. The summed E-state index contributed by atoms with van der Waals surface area (Å²) in [5.74, 6) is 0.710. The molecule has 19 heavy (non-hydrogen) atoms. The molecule has 0 fully saturated rings. The maximum Gasteiger partial charge on any atom is 0.260 e. The molecule has 2 heterocycles. The van der Waals surface area contributed by atoms with Crippen molar-refractivity contribution in [2.45, 2.75) is 0 Å². The van der Waals surface area contributed by atoms with Gasteiger partial charge in [0.05, 0.1) is 22.0 Å². The molecular weight excluding hydrogens is 287 g/mol. The van der Waals surface area contributed by atoms with Crippen LogP contribution in [0.4, 0.5) is 5.69 Å². The van der Waals surface area contributed by atoms with Gasteiger partial charge < -0.3 is 15.2 Å². The van der Waals surface area contributed by atoms with Crippen molar-refractivity contribution >= 4 is 28.9 Å². The van der Waals surface area contributed by atoms with Crippen molar-refractivity contribution in [3.05, 3.63) is 40.5 Å². The molecule has 3 rings (SSSR count). The lowest BCUT2D eigenvalue weighted by Gasteiger charge is -2.03. The lowest BCUT2D eigenvalue weighted by atomic mass is 10.2. The molecule has 0 unspecified atom stereocenters. The van der Waals surface area contributed by atoms with Gasteiger partial charge in [0, 0.05) is 11.2 Å². The summed E-state index contributed by atoms with van der Waals surface area (Å²) in [6, 6.07) is 6.87. The molecule has 0 aliphatic carbocycles. The van der Waals surface area contributed by atoms with Crippen LogP contribution in [0.3, 0.4) is 0 Å². The summed E-state index contributed by atoms with van der Waals surface area (Å²) in [5, 5.41) is 4.68. The highest BCUT2D eigenvalue weighted by Gasteiger charge is 2.16. The van der Waals surface area contributed by atoms with Crippen LogP contribution in [0.5, 0.6) is 0 Å². The van der Waals surface area contributed by atoms with Crippen molar-refractivity contribution in [1.82, 2.24) is 15.1 Å². The van der Waals surface area contributed by atoms with Gasteiger partial charge in [0.1, 0.15) is 0 Å². The zero-order chi connectivity index (χ0) is 13.4. The molecule has 3 aromatic rings. The van der Waals surface area contributed by atoms with E-state index in [0.29, 0.717) is 27.1 Å². The second kappa shape index (κ2) is 4.60. The average Bonchev–Trinajstić information content (AvgIpc) is 3.03. The van der Waals surface area contributed by atoms with Gasteiger partial charge in [-0.2, -0.15) is 4.98 Å². The van der Waals surface area contributed by atoms with Gasteiger partial charge in [-0.25, -0.2) is 0 Å². The minimum atomic E-state index is 0.270. The molecule has 0 saturated heterocycles. The van der Waals surface area contributed by atoms with Crippen molar-refractivity contribution in [2.75, 3.05) is 5.73 Å². The van der Waals surface area contributed by atoms with E-state index in [-0.39, 0.29) is 5.89 Å². The predicted octanol–water partition coefficient (Wildman–Crippen LogP) is 3.62. The van der Waals surface area contributed by atoms with Crippen molar-refractivity contribution in [1.29, 1.82) is 0 Å². The number of aromatic amines is 1. The van der Waals surface area contributed by atoms with Gasteiger partial charge in [-0.15, -0.1) is 0 Å². The van der Waals surface area contributed by atoms with Crippen molar-refractivity contribution < 1.29 is 4.52 Å². The molecule has 0 bridgehead atoms. The maximum atomic E-state index is 5.97. The Bertz CT molecular complexity index is 721. The zero-order valence-corrected chi connectivity index (χ0v) is 11.0. The second-order valence-electron chi connectivity index (χ2n) is 3.86. The number of nitrogen functional groups attached to an aromatic ring is 1. The van der Waals surface area contributed by atoms with Gasteiger partial charge in [-0.3, -0.25) is 0 Å². The third kappa shape index (κ3) is 2.18. The Kier molecular flexibility index (Phi) is 2.93. The molecule has 0 amide bonds. The lowest BCUT2D eigenvalue weighted by Crippen LogP contribution is -1.92. The molecule has 5 nitrogen and oxygen atoms in total. The number of nitrogens with two attached hydrogens (primary N) is 1. The third-order valence-electron chi connectivity index (χ3n) is 2.59. The highest BCUT2D eigenvalue weighted by molar-refractivity contribution is 6.37. The van der Waals surface area contributed by atoms with E-state index in [1.165, 1.54) is 0 Å². The van der Waals surface area contributed by atoms with E-state index in [4.69, 9.17) is 33.5 Å². The van der Waals surface area contributed by atoms with Crippen LogP contribution in [0.15, 0.2) is 35.0 Å². The monoisotopic (exact) mass is 294 g/mol. The minimum Gasteiger partial charge on any atom is -0.397 e. The predicted molar refractivity (Wildman–Crippen MR) is 74.0 cm³/mol. The van der Waals surface area contributed by atoms with Crippen LogP contribution in [-0.2, 0) is 0 Å². The van der Waals surface area contributed by atoms with Crippen molar-refractivity contribution in [3.63, 3.8) is 0 Å². The van der Waals surface area contributed by atoms with Gasteiger partial charge >= 0.3 is 0 Å². The number of hydrogen-bond donors (Lipinski definition) is 2. The highest BCUT2D eigenvalue weighted by atomic mass is 35.5. The number of halogens is 2. The molecular formula is C12H8Cl2N4O. The van der Waals surface area contributed by atoms with E-state index in [0.717, 1.165) is 5.69 Å². The average molecular weight is 295 g/mol. The SMILES string of the molecule is Nc1c(Cl)cc(Cl)cc1-c1nc(-c2ccc[nH]2)no1. The first-order valence-corrected chi connectivity index (χ1v) is 6.13. The van der Waals surface area contributed by atoms with Crippen LogP contribution in [0.2, 0.25) is 10.0 Å². The second-order valence-corrected chi connectivity index (χ2v) is 4.70. The van der Waals surface area contributed by atoms with E-state index >= 15 is 0 Å². The smallest absolute Gasteiger partial charge is 0.260 e. The van der Waals surface area contributed by atoms with E-state index in [1.54, 1.807) is 18.3 Å². The number of benzene rings is 1. The normalized spacial score (nSPS) is 10.8. The number of H-pyrrole nitrogens is 1. The molecule has 1 aromatic carbocycles. The Morgan fingerprint density at radius 3 is 2.84 bits per heavy atom. The fourth-order valence-electron chi connectivity index (χ4n) is 1.67. The number of aromatic nitrogens is 3. The lowest BCUT2D eigenvalue weighted by molar-refractivity contribution is 0.432. The van der Waals surface area contributed by atoms with Gasteiger partial charge in [0.25, 0.3) is 5.89 Å². The standard InChI is InChI=1S/C12H8Cl2N4O/c13-6-4-7(10(15)8(14)5-6)12-17-11(18-19-12)9-2-1-3-16-9/h1-5,16H,15H2. The Morgan fingerprint density at radius 2 is 2.11 bits per heavy atom. The first kappa shape index (κ1) is 12.1. The maximum absolute atomic E-state index is 5.97. The Labute approximate surface area is 118 Å². The summed E-state index contributed by atoms with van der Waals surface area (Å²) >= 11 is 11.9. The van der Waals surface area contributed by atoms with E-state index in [1.807, 2.05) is 12.1 Å². The molecule has 2 aromatic heterocycles. The van der Waals surface area contributed by atoms with Gasteiger partial charge in [-0.1, -0.05) is 28.4 Å². The Hall–Kier alpha value is -1.98. The first-order chi connectivity index (χ1) is 9.15. The minimum absolute atomic E-state index is 0.270. The topological polar surface area (TPSA) is 80.7 Å². The van der Waals surface area contributed by atoms with Crippen molar-refractivity contribution in [3.8, 4) is 23.0 Å². The molecule has 0 aliphatic heterocycles. The molecule has 0 radical (unpaired) electrons. The van der Waals surface area contributed by atoms with E-state index in [9.17, 15) is 0 Å². The number of rotatable bonds is 2. The van der Waals surface area contributed by atoms with Gasteiger partial charge in [0.2, 0.25) is 5.82 Å². The van der Waals surface area contributed by atoms with Crippen LogP contribution in [0.1, 0.15) is 0 Å². The molecule has 0 aliphatic rings. The number of hydrogen-bond acceptors (Lipinski definition) is 4. The number of anilines is 1. The van der Waals surface area contributed by atoms with Crippen LogP contribution < -0.4 is 5.73 Å². The molecule has 3 N–H and O–H groups in total. The molecule has 0 spiro atoms. The summed E-state index contributed by atoms with van der Waals surface area (Å²) in [4.78, 5) is 7.25. The van der Waals surface area contributed by atoms with Crippen LogP contribution >= 0.6 is 23.2 Å². The van der Waals surface area contributed by atoms with Crippen LogP contribution in [-0.4, -0.2) is 15.1 Å². The first-order valence-electron chi connectivity index (χ1n) is 5.37. The quantitative estimate of drug-likeness (QED) is 0.707. The number of nitrogens with one attached hydrogen (secondary N) is 1. The molecule has 0 saturated carbocycles. The van der Waals surface area contributed by atoms with E-state index < -0.39 is 0 Å². The van der Waals surface area contributed by atoms with Gasteiger partial charge in [-0.05, 0) is 24.3 Å². The van der Waals surface area contributed by atoms with E-state index in [2.05, 4.69) is 15.1 Å².